The second kappa shape index (κ2) is 6.38. The number of aliphatic carboxylic acids is 1. The van der Waals surface area contributed by atoms with Crippen molar-refractivity contribution in [3.05, 3.63) is 60.7 Å². The Balaban J connectivity index is 2.09. The van der Waals surface area contributed by atoms with Crippen LogP contribution in [0.3, 0.4) is 0 Å². The highest BCUT2D eigenvalue weighted by Gasteiger charge is 2.26. The number of hydrogen-bond acceptors (Lipinski definition) is 3. The summed E-state index contributed by atoms with van der Waals surface area (Å²) in [5.41, 5.74) is 1.13. The van der Waals surface area contributed by atoms with Gasteiger partial charge in [-0.3, -0.25) is 4.79 Å². The number of carbonyl (C=O) groups excluding carboxylic acids is 1. The monoisotopic (exact) mass is 270 g/mol. The molecule has 0 aliphatic heterocycles. The normalized spacial score (nSPS) is 11.4. The zero-order valence-corrected chi connectivity index (χ0v) is 10.6. The van der Waals surface area contributed by atoms with Crippen LogP contribution in [0.2, 0.25) is 0 Å². The Kier molecular flexibility index (Phi) is 4.34. The van der Waals surface area contributed by atoms with Crippen LogP contribution in [0.1, 0.15) is 0 Å². The molecule has 0 saturated carbocycles. The Hall–Kier alpha value is -2.82. The van der Waals surface area contributed by atoms with E-state index in [4.69, 9.17) is 5.11 Å². The third-order valence-corrected chi connectivity index (χ3v) is 2.64. The van der Waals surface area contributed by atoms with Gasteiger partial charge in [-0.25, -0.2) is 4.79 Å². The molecule has 5 nitrogen and oxygen atoms in total. The molecule has 0 saturated heterocycles. The van der Waals surface area contributed by atoms with Crippen molar-refractivity contribution in [2.45, 2.75) is 6.04 Å². The molecule has 0 fully saturated rings. The van der Waals surface area contributed by atoms with Crippen molar-refractivity contribution < 1.29 is 14.7 Å². The van der Waals surface area contributed by atoms with E-state index in [9.17, 15) is 9.59 Å². The molecule has 102 valence electrons. The van der Waals surface area contributed by atoms with E-state index in [0.29, 0.717) is 11.4 Å². The van der Waals surface area contributed by atoms with Crippen molar-refractivity contribution >= 4 is 23.3 Å². The molecule has 1 amide bonds. The minimum Gasteiger partial charge on any atom is -0.479 e. The van der Waals surface area contributed by atoms with Crippen LogP contribution in [0.5, 0.6) is 0 Å². The molecule has 20 heavy (non-hydrogen) atoms. The van der Waals surface area contributed by atoms with E-state index in [1.54, 1.807) is 48.5 Å². The Morgan fingerprint density at radius 3 is 1.85 bits per heavy atom. The molecular formula is C15H14N2O3. The maximum Gasteiger partial charge on any atom is 0.336 e. The lowest BCUT2D eigenvalue weighted by molar-refractivity contribution is -0.140. The molecule has 5 heteroatoms. The van der Waals surface area contributed by atoms with Crippen LogP contribution in [0.15, 0.2) is 60.7 Å². The molecule has 0 aliphatic rings. The fourth-order valence-corrected chi connectivity index (χ4v) is 1.68. The smallest absolute Gasteiger partial charge is 0.336 e. The second-order valence-electron chi connectivity index (χ2n) is 4.14. The highest BCUT2D eigenvalue weighted by molar-refractivity contribution is 6.09. The number of rotatable bonds is 5. The Bertz CT molecular complexity index is 585. The topological polar surface area (TPSA) is 78.4 Å². The van der Waals surface area contributed by atoms with Crippen LogP contribution in [0, 0.1) is 0 Å². The average molecular weight is 270 g/mol. The van der Waals surface area contributed by atoms with Crippen molar-refractivity contribution in [2.75, 3.05) is 10.6 Å². The first-order chi connectivity index (χ1) is 9.66. The Labute approximate surface area is 116 Å². The van der Waals surface area contributed by atoms with Crippen molar-refractivity contribution in [1.82, 2.24) is 0 Å². The largest absolute Gasteiger partial charge is 0.479 e. The van der Waals surface area contributed by atoms with Gasteiger partial charge < -0.3 is 15.7 Å². The highest BCUT2D eigenvalue weighted by atomic mass is 16.4. The number of carboxylic acid groups (broad SMARTS) is 1. The van der Waals surface area contributed by atoms with E-state index in [1.165, 1.54) is 0 Å². The molecule has 0 bridgehead atoms. The first kappa shape index (κ1) is 13.6. The third-order valence-electron chi connectivity index (χ3n) is 2.64. The van der Waals surface area contributed by atoms with Gasteiger partial charge in [0, 0.05) is 11.4 Å². The van der Waals surface area contributed by atoms with E-state index < -0.39 is 17.9 Å². The molecule has 2 aromatic rings. The second-order valence-corrected chi connectivity index (χ2v) is 4.14. The maximum absolute atomic E-state index is 12.0. The van der Waals surface area contributed by atoms with Gasteiger partial charge in [-0.1, -0.05) is 36.4 Å². The molecule has 0 radical (unpaired) electrons. The van der Waals surface area contributed by atoms with E-state index in [0.717, 1.165) is 0 Å². The lowest BCUT2D eigenvalue weighted by Crippen LogP contribution is -2.41. The summed E-state index contributed by atoms with van der Waals surface area (Å²) in [6.07, 6.45) is 0. The van der Waals surface area contributed by atoms with E-state index in [-0.39, 0.29) is 0 Å². The predicted molar refractivity (Wildman–Crippen MR) is 76.6 cm³/mol. The quantitative estimate of drug-likeness (QED) is 0.728. The van der Waals surface area contributed by atoms with Crippen molar-refractivity contribution in [3.63, 3.8) is 0 Å². The third kappa shape index (κ3) is 3.58. The summed E-state index contributed by atoms with van der Waals surface area (Å²) < 4.78 is 0. The standard InChI is InChI=1S/C15H14N2O3/c18-14(17-12-9-5-2-6-10-12)13(15(19)20)16-11-7-3-1-4-8-11/h1-10,13,16H,(H,17,18)(H,19,20)/t13-/m0/s1. The molecule has 0 spiro atoms. The summed E-state index contributed by atoms with van der Waals surface area (Å²) in [5.74, 6) is -1.85. The van der Waals surface area contributed by atoms with Crippen molar-refractivity contribution in [1.29, 1.82) is 0 Å². The first-order valence-electron chi connectivity index (χ1n) is 6.07. The fourth-order valence-electron chi connectivity index (χ4n) is 1.68. The van der Waals surface area contributed by atoms with E-state index in [1.807, 2.05) is 12.1 Å². The number of carbonyl (C=O) groups is 2. The SMILES string of the molecule is O=C(O)[C@@H](Nc1ccccc1)C(=O)Nc1ccccc1. The molecule has 0 aromatic heterocycles. The number of para-hydroxylation sites is 2. The molecule has 1 atom stereocenters. The zero-order chi connectivity index (χ0) is 14.4. The van der Waals surface area contributed by atoms with Gasteiger partial charge in [0.25, 0.3) is 5.91 Å². The first-order valence-corrected chi connectivity index (χ1v) is 6.07. The molecule has 0 unspecified atom stereocenters. The number of carboxylic acids is 1. The van der Waals surface area contributed by atoms with Gasteiger partial charge in [-0.15, -0.1) is 0 Å². The molecule has 2 rings (SSSR count). The number of anilines is 2. The zero-order valence-electron chi connectivity index (χ0n) is 10.6. The number of amides is 1. The van der Waals surface area contributed by atoms with Gasteiger partial charge in [0.1, 0.15) is 0 Å². The van der Waals surface area contributed by atoms with Crippen molar-refractivity contribution in [2.24, 2.45) is 0 Å². The number of hydrogen-bond donors (Lipinski definition) is 3. The summed E-state index contributed by atoms with van der Waals surface area (Å²) in [6.45, 7) is 0. The van der Waals surface area contributed by atoms with Crippen LogP contribution in [0.4, 0.5) is 11.4 Å². The van der Waals surface area contributed by atoms with Crippen LogP contribution in [-0.2, 0) is 9.59 Å². The van der Waals surface area contributed by atoms with Gasteiger partial charge in [0.2, 0.25) is 6.04 Å². The molecule has 2 aromatic carbocycles. The van der Waals surface area contributed by atoms with Gasteiger partial charge in [0.15, 0.2) is 0 Å². The Morgan fingerprint density at radius 1 is 0.850 bits per heavy atom. The predicted octanol–water partition coefficient (Wildman–Crippen LogP) is 2.19. The summed E-state index contributed by atoms with van der Waals surface area (Å²) in [4.78, 5) is 23.2. The van der Waals surface area contributed by atoms with E-state index in [2.05, 4.69) is 10.6 Å². The van der Waals surface area contributed by atoms with Crippen LogP contribution < -0.4 is 10.6 Å². The van der Waals surface area contributed by atoms with Crippen molar-refractivity contribution in [3.8, 4) is 0 Å². The fraction of sp³-hybridized carbons (Fsp3) is 0.0667. The van der Waals surface area contributed by atoms with Crippen LogP contribution in [0.25, 0.3) is 0 Å². The summed E-state index contributed by atoms with van der Waals surface area (Å²) >= 11 is 0. The van der Waals surface area contributed by atoms with Crippen LogP contribution in [-0.4, -0.2) is 23.0 Å². The summed E-state index contributed by atoms with van der Waals surface area (Å²) in [7, 11) is 0. The minimum atomic E-state index is -1.35. The summed E-state index contributed by atoms with van der Waals surface area (Å²) in [5, 5.41) is 14.4. The lowest BCUT2D eigenvalue weighted by Gasteiger charge is -2.15. The average Bonchev–Trinajstić information content (AvgIpc) is 2.46. The van der Waals surface area contributed by atoms with Gasteiger partial charge in [-0.2, -0.15) is 0 Å². The Morgan fingerprint density at radius 2 is 1.35 bits per heavy atom. The van der Waals surface area contributed by atoms with Gasteiger partial charge in [0.05, 0.1) is 0 Å². The molecular weight excluding hydrogens is 256 g/mol. The number of nitrogens with one attached hydrogen (secondary N) is 2. The highest BCUT2D eigenvalue weighted by Crippen LogP contribution is 2.10. The molecule has 0 heterocycles. The van der Waals surface area contributed by atoms with E-state index >= 15 is 0 Å². The lowest BCUT2D eigenvalue weighted by atomic mass is 10.2. The van der Waals surface area contributed by atoms with Gasteiger partial charge in [-0.05, 0) is 24.3 Å². The number of benzene rings is 2. The molecule has 3 N–H and O–H groups in total. The summed E-state index contributed by atoms with van der Waals surface area (Å²) in [6, 6.07) is 16.1. The molecule has 0 aliphatic carbocycles. The minimum absolute atomic E-state index is 0.554. The maximum atomic E-state index is 12.0. The van der Waals surface area contributed by atoms with Gasteiger partial charge >= 0.3 is 5.97 Å². The van der Waals surface area contributed by atoms with Crippen LogP contribution >= 0.6 is 0 Å².